The highest BCUT2D eigenvalue weighted by atomic mass is 16.6. The minimum Gasteiger partial charge on any atom is -0.494 e. The fourth-order valence-corrected chi connectivity index (χ4v) is 2.45. The molecule has 1 aromatic heterocycles. The second-order valence-corrected chi connectivity index (χ2v) is 5.19. The molecule has 1 atom stereocenters. The number of para-hydroxylation sites is 1. The second kappa shape index (κ2) is 7.58. The van der Waals surface area contributed by atoms with E-state index in [0.717, 1.165) is 17.7 Å². The van der Waals surface area contributed by atoms with Crippen molar-refractivity contribution < 1.29 is 9.66 Å². The number of benzene rings is 1. The second-order valence-electron chi connectivity index (χ2n) is 5.19. The Kier molecular flexibility index (Phi) is 5.51. The zero-order chi connectivity index (χ0) is 16.8. The molecule has 0 fully saturated rings. The fraction of sp³-hybridized carbons (Fsp3) is 0.353. The van der Waals surface area contributed by atoms with E-state index in [1.54, 1.807) is 13.0 Å². The predicted molar refractivity (Wildman–Crippen MR) is 89.9 cm³/mol. The Hall–Kier alpha value is -2.63. The molecule has 0 amide bonds. The highest BCUT2D eigenvalue weighted by molar-refractivity contribution is 5.49. The van der Waals surface area contributed by atoms with Gasteiger partial charge >= 0.3 is 0 Å². The van der Waals surface area contributed by atoms with Crippen LogP contribution in [0.2, 0.25) is 0 Å². The summed E-state index contributed by atoms with van der Waals surface area (Å²) < 4.78 is 5.68. The molecule has 0 aliphatic heterocycles. The summed E-state index contributed by atoms with van der Waals surface area (Å²) in [7, 11) is 0. The lowest BCUT2D eigenvalue weighted by Gasteiger charge is -2.21. The van der Waals surface area contributed by atoms with Crippen molar-refractivity contribution in [2.75, 3.05) is 11.9 Å². The quantitative estimate of drug-likeness (QED) is 0.610. The van der Waals surface area contributed by atoms with Crippen molar-refractivity contribution >= 4 is 11.5 Å². The van der Waals surface area contributed by atoms with Gasteiger partial charge in [0.25, 0.3) is 5.69 Å². The Bertz CT molecular complexity index is 689. The number of pyridine rings is 1. The number of nitrogens with zero attached hydrogens (tertiary/aromatic N) is 2. The van der Waals surface area contributed by atoms with E-state index >= 15 is 0 Å². The third kappa shape index (κ3) is 3.97. The largest absolute Gasteiger partial charge is 0.494 e. The van der Waals surface area contributed by atoms with Crippen LogP contribution < -0.4 is 10.1 Å². The molecule has 2 rings (SSSR count). The average molecular weight is 315 g/mol. The van der Waals surface area contributed by atoms with E-state index in [-0.39, 0.29) is 11.7 Å². The van der Waals surface area contributed by atoms with Crippen LogP contribution in [0.4, 0.5) is 11.5 Å². The first-order valence-corrected chi connectivity index (χ1v) is 7.66. The molecule has 0 bridgehead atoms. The molecule has 2 aromatic rings. The predicted octanol–water partition coefficient (Wildman–Crippen LogP) is 4.26. The van der Waals surface area contributed by atoms with Crippen LogP contribution in [0, 0.1) is 17.0 Å². The van der Waals surface area contributed by atoms with E-state index in [4.69, 9.17) is 4.74 Å². The lowest BCUT2D eigenvalue weighted by Crippen LogP contribution is -2.12. The van der Waals surface area contributed by atoms with Crippen molar-refractivity contribution in [3.63, 3.8) is 0 Å². The van der Waals surface area contributed by atoms with Crippen LogP contribution in [0.15, 0.2) is 36.5 Å². The molecular weight excluding hydrogens is 294 g/mol. The first kappa shape index (κ1) is 16.7. The number of hydrogen-bond acceptors (Lipinski definition) is 5. The number of aromatic nitrogens is 1. The molecule has 0 aliphatic carbocycles. The van der Waals surface area contributed by atoms with Crippen molar-refractivity contribution in [3.05, 3.63) is 57.8 Å². The lowest BCUT2D eigenvalue weighted by molar-refractivity contribution is -0.385. The third-order valence-electron chi connectivity index (χ3n) is 3.60. The molecule has 1 heterocycles. The van der Waals surface area contributed by atoms with Gasteiger partial charge < -0.3 is 10.1 Å². The van der Waals surface area contributed by atoms with Crippen LogP contribution in [-0.4, -0.2) is 16.5 Å². The summed E-state index contributed by atoms with van der Waals surface area (Å²) in [5, 5.41) is 14.2. The van der Waals surface area contributed by atoms with Crippen LogP contribution in [-0.2, 0) is 0 Å². The summed E-state index contributed by atoms with van der Waals surface area (Å²) in [6.45, 7) is 6.33. The molecular formula is C17H21N3O3. The first-order chi connectivity index (χ1) is 11.1. The number of hydrogen-bond donors (Lipinski definition) is 1. The maximum atomic E-state index is 10.9. The summed E-state index contributed by atoms with van der Waals surface area (Å²) in [5.41, 5.74) is 1.66. The van der Waals surface area contributed by atoms with Gasteiger partial charge in [-0.1, -0.05) is 25.1 Å². The molecule has 6 nitrogen and oxygen atoms in total. The minimum atomic E-state index is -0.423. The Balaban J connectivity index is 2.26. The smallest absolute Gasteiger partial charge is 0.290 e. The summed E-state index contributed by atoms with van der Waals surface area (Å²) in [4.78, 5) is 14.6. The van der Waals surface area contributed by atoms with Gasteiger partial charge in [-0.2, -0.15) is 0 Å². The number of ether oxygens (including phenoxy) is 1. The molecule has 0 radical (unpaired) electrons. The van der Waals surface area contributed by atoms with E-state index in [9.17, 15) is 10.1 Å². The SMILES string of the molecule is CCOc1ccccc1C(CC)Nc1cc(C)c([N+](=O)[O-])cn1. The van der Waals surface area contributed by atoms with Crippen LogP contribution in [0.1, 0.15) is 37.4 Å². The van der Waals surface area contributed by atoms with Gasteiger partial charge in [-0.25, -0.2) is 4.98 Å². The zero-order valence-corrected chi connectivity index (χ0v) is 13.6. The fourth-order valence-electron chi connectivity index (χ4n) is 2.45. The standard InChI is InChI=1S/C17H21N3O3/c1-4-14(13-8-6-7-9-16(13)23-5-2)19-17-10-12(3)15(11-18-17)20(21)22/h6-11,14H,4-5H2,1-3H3,(H,18,19). The number of nitro groups is 1. The van der Waals surface area contributed by atoms with Gasteiger partial charge in [0.1, 0.15) is 17.8 Å². The Morgan fingerprint density at radius 1 is 1.35 bits per heavy atom. The number of rotatable bonds is 7. The van der Waals surface area contributed by atoms with Crippen molar-refractivity contribution in [1.82, 2.24) is 4.98 Å². The van der Waals surface area contributed by atoms with Gasteiger partial charge in [-0.15, -0.1) is 0 Å². The number of anilines is 1. The molecule has 1 N–H and O–H groups in total. The third-order valence-corrected chi connectivity index (χ3v) is 3.60. The summed E-state index contributed by atoms with van der Waals surface area (Å²) >= 11 is 0. The van der Waals surface area contributed by atoms with Gasteiger partial charge in [0.15, 0.2) is 0 Å². The normalized spacial score (nSPS) is 11.8. The van der Waals surface area contributed by atoms with Gasteiger partial charge in [-0.3, -0.25) is 10.1 Å². The van der Waals surface area contributed by atoms with Gasteiger partial charge in [0.05, 0.1) is 17.6 Å². The van der Waals surface area contributed by atoms with E-state index in [1.807, 2.05) is 31.2 Å². The highest BCUT2D eigenvalue weighted by Crippen LogP contribution is 2.30. The molecule has 0 saturated heterocycles. The highest BCUT2D eigenvalue weighted by Gasteiger charge is 2.17. The van der Waals surface area contributed by atoms with Crippen LogP contribution in [0.25, 0.3) is 0 Å². The maximum absolute atomic E-state index is 10.9. The van der Waals surface area contributed by atoms with Crippen molar-refractivity contribution in [2.24, 2.45) is 0 Å². The Morgan fingerprint density at radius 2 is 2.09 bits per heavy atom. The van der Waals surface area contributed by atoms with Gasteiger partial charge in [0, 0.05) is 11.1 Å². The summed E-state index contributed by atoms with van der Waals surface area (Å²) in [6, 6.07) is 9.59. The van der Waals surface area contributed by atoms with Crippen LogP contribution >= 0.6 is 0 Å². The topological polar surface area (TPSA) is 77.3 Å². The molecule has 1 aromatic carbocycles. The molecule has 0 saturated carbocycles. The molecule has 6 heteroatoms. The minimum absolute atomic E-state index is 0.0195. The zero-order valence-electron chi connectivity index (χ0n) is 13.6. The van der Waals surface area contributed by atoms with Crippen LogP contribution in [0.5, 0.6) is 5.75 Å². The maximum Gasteiger partial charge on any atom is 0.290 e. The van der Waals surface area contributed by atoms with E-state index in [2.05, 4.69) is 17.2 Å². The van der Waals surface area contributed by atoms with Crippen molar-refractivity contribution in [3.8, 4) is 5.75 Å². The van der Waals surface area contributed by atoms with Gasteiger partial charge in [-0.05, 0) is 32.4 Å². The summed E-state index contributed by atoms with van der Waals surface area (Å²) in [6.07, 6.45) is 2.13. The first-order valence-electron chi connectivity index (χ1n) is 7.66. The van der Waals surface area contributed by atoms with Gasteiger partial charge in [0.2, 0.25) is 0 Å². The molecule has 1 unspecified atom stereocenters. The lowest BCUT2D eigenvalue weighted by atomic mass is 10.0. The van der Waals surface area contributed by atoms with Crippen molar-refractivity contribution in [1.29, 1.82) is 0 Å². The summed E-state index contributed by atoms with van der Waals surface area (Å²) in [5.74, 6) is 1.46. The molecule has 122 valence electrons. The molecule has 0 spiro atoms. The average Bonchev–Trinajstić information content (AvgIpc) is 2.53. The number of aryl methyl sites for hydroxylation is 1. The molecule has 23 heavy (non-hydrogen) atoms. The van der Waals surface area contributed by atoms with Crippen molar-refractivity contribution in [2.45, 2.75) is 33.2 Å². The van der Waals surface area contributed by atoms with Crippen LogP contribution in [0.3, 0.4) is 0 Å². The van der Waals surface area contributed by atoms with E-state index in [1.165, 1.54) is 6.20 Å². The Labute approximate surface area is 135 Å². The Morgan fingerprint density at radius 3 is 2.70 bits per heavy atom. The molecule has 0 aliphatic rings. The monoisotopic (exact) mass is 315 g/mol. The van der Waals surface area contributed by atoms with E-state index in [0.29, 0.717) is 18.0 Å². The number of nitrogens with one attached hydrogen (secondary N) is 1. The van der Waals surface area contributed by atoms with E-state index < -0.39 is 4.92 Å².